The van der Waals surface area contributed by atoms with E-state index in [2.05, 4.69) is 10.6 Å². The smallest absolute Gasteiger partial charge is 0.319 e. The van der Waals surface area contributed by atoms with Gasteiger partial charge in [0.25, 0.3) is 0 Å². The summed E-state index contributed by atoms with van der Waals surface area (Å²) >= 11 is 0. The molecule has 0 heterocycles. The zero-order chi connectivity index (χ0) is 11.3. The fourth-order valence-electron chi connectivity index (χ4n) is 1.17. The van der Waals surface area contributed by atoms with Crippen molar-refractivity contribution >= 4 is 11.7 Å². The molecule has 0 bridgehead atoms. The number of hydrogen-bond acceptors (Lipinski definition) is 2. The summed E-state index contributed by atoms with van der Waals surface area (Å²) in [7, 11) is 1.57. The van der Waals surface area contributed by atoms with Crippen LogP contribution in [0.15, 0.2) is 24.3 Å². The van der Waals surface area contributed by atoms with E-state index in [0.29, 0.717) is 11.4 Å². The lowest BCUT2D eigenvalue weighted by Crippen LogP contribution is -2.34. The summed E-state index contributed by atoms with van der Waals surface area (Å²) in [6.45, 7) is 3.81. The molecule has 0 saturated carbocycles. The average molecular weight is 208 g/mol. The maximum Gasteiger partial charge on any atom is 0.319 e. The predicted molar refractivity (Wildman–Crippen MR) is 60.3 cm³/mol. The third-order valence-corrected chi connectivity index (χ3v) is 1.77. The molecule has 15 heavy (non-hydrogen) atoms. The van der Waals surface area contributed by atoms with Crippen molar-refractivity contribution in [1.29, 1.82) is 0 Å². The molecule has 4 nitrogen and oxygen atoms in total. The molecule has 1 aromatic carbocycles. The van der Waals surface area contributed by atoms with E-state index in [4.69, 9.17) is 4.74 Å². The number of nitrogens with one attached hydrogen (secondary N) is 2. The second kappa shape index (κ2) is 5.24. The number of amides is 2. The highest BCUT2D eigenvalue weighted by molar-refractivity contribution is 5.91. The quantitative estimate of drug-likeness (QED) is 0.800. The maximum absolute atomic E-state index is 11.4. The zero-order valence-corrected chi connectivity index (χ0v) is 9.20. The van der Waals surface area contributed by atoms with Crippen LogP contribution in [0.25, 0.3) is 0 Å². The zero-order valence-electron chi connectivity index (χ0n) is 9.20. The van der Waals surface area contributed by atoms with Gasteiger partial charge in [-0.1, -0.05) is 12.1 Å². The first-order valence-corrected chi connectivity index (χ1v) is 4.84. The Labute approximate surface area is 89.6 Å². The highest BCUT2D eigenvalue weighted by Gasteiger charge is 2.06. The second-order valence-electron chi connectivity index (χ2n) is 3.45. The van der Waals surface area contributed by atoms with Crippen molar-refractivity contribution < 1.29 is 9.53 Å². The lowest BCUT2D eigenvalue weighted by molar-refractivity contribution is 0.250. The van der Waals surface area contributed by atoms with E-state index in [0.717, 1.165) is 0 Å². The van der Waals surface area contributed by atoms with E-state index >= 15 is 0 Å². The Hall–Kier alpha value is -1.71. The molecule has 1 aromatic rings. The molecular weight excluding hydrogens is 192 g/mol. The van der Waals surface area contributed by atoms with Gasteiger partial charge in [-0.25, -0.2) is 4.79 Å². The number of rotatable bonds is 3. The molecule has 2 amide bonds. The third-order valence-electron chi connectivity index (χ3n) is 1.77. The largest absolute Gasteiger partial charge is 0.495 e. The first-order chi connectivity index (χ1) is 7.13. The molecule has 0 fully saturated rings. The summed E-state index contributed by atoms with van der Waals surface area (Å²) in [5, 5.41) is 5.45. The predicted octanol–water partition coefficient (Wildman–Crippen LogP) is 2.23. The van der Waals surface area contributed by atoms with Gasteiger partial charge in [-0.2, -0.15) is 0 Å². The number of urea groups is 1. The Balaban J connectivity index is 2.67. The van der Waals surface area contributed by atoms with Crippen molar-refractivity contribution in [2.24, 2.45) is 0 Å². The van der Waals surface area contributed by atoms with Crippen molar-refractivity contribution in [3.63, 3.8) is 0 Å². The van der Waals surface area contributed by atoms with Crippen molar-refractivity contribution in [3.05, 3.63) is 24.3 Å². The van der Waals surface area contributed by atoms with Crippen molar-refractivity contribution in [3.8, 4) is 5.75 Å². The summed E-state index contributed by atoms with van der Waals surface area (Å²) in [6, 6.07) is 7.16. The van der Waals surface area contributed by atoms with Gasteiger partial charge in [-0.3, -0.25) is 0 Å². The van der Waals surface area contributed by atoms with Crippen LogP contribution in [-0.4, -0.2) is 19.2 Å². The lowest BCUT2D eigenvalue weighted by atomic mass is 10.3. The molecule has 0 saturated heterocycles. The number of anilines is 1. The van der Waals surface area contributed by atoms with E-state index in [1.807, 2.05) is 26.0 Å². The van der Waals surface area contributed by atoms with Gasteiger partial charge in [-0.05, 0) is 26.0 Å². The van der Waals surface area contributed by atoms with E-state index in [9.17, 15) is 4.79 Å². The molecule has 2 N–H and O–H groups in total. The highest BCUT2D eigenvalue weighted by atomic mass is 16.5. The molecule has 0 atom stereocenters. The number of benzene rings is 1. The SMILES string of the molecule is COc1ccccc1NC(=O)NC(C)C. The normalized spacial score (nSPS) is 9.87. The van der Waals surface area contributed by atoms with Gasteiger partial charge in [0.05, 0.1) is 12.8 Å². The standard InChI is InChI=1S/C11H16N2O2/c1-8(2)12-11(14)13-9-6-4-5-7-10(9)15-3/h4-8H,1-3H3,(H2,12,13,14). The molecule has 0 unspecified atom stereocenters. The second-order valence-corrected chi connectivity index (χ2v) is 3.45. The molecule has 0 spiro atoms. The van der Waals surface area contributed by atoms with E-state index in [1.165, 1.54) is 0 Å². The molecule has 0 aliphatic carbocycles. The van der Waals surface area contributed by atoms with Crippen molar-refractivity contribution in [1.82, 2.24) is 5.32 Å². The third kappa shape index (κ3) is 3.50. The molecule has 1 rings (SSSR count). The first-order valence-electron chi connectivity index (χ1n) is 4.84. The van der Waals surface area contributed by atoms with Crippen molar-refractivity contribution in [2.45, 2.75) is 19.9 Å². The summed E-state index contributed by atoms with van der Waals surface area (Å²) in [6.07, 6.45) is 0. The van der Waals surface area contributed by atoms with Gasteiger partial charge < -0.3 is 15.4 Å². The molecule has 0 aromatic heterocycles. The maximum atomic E-state index is 11.4. The van der Waals surface area contributed by atoms with Crippen LogP contribution in [-0.2, 0) is 0 Å². The summed E-state index contributed by atoms with van der Waals surface area (Å²) < 4.78 is 5.11. The number of ether oxygens (including phenoxy) is 1. The minimum Gasteiger partial charge on any atom is -0.495 e. The molecule has 4 heteroatoms. The van der Waals surface area contributed by atoms with Crippen LogP contribution in [0.2, 0.25) is 0 Å². The van der Waals surface area contributed by atoms with Gasteiger partial charge in [0.1, 0.15) is 5.75 Å². The Morgan fingerprint density at radius 3 is 2.60 bits per heavy atom. The molecule has 0 radical (unpaired) electrons. The molecular formula is C11H16N2O2. The summed E-state index contributed by atoms with van der Waals surface area (Å²) in [4.78, 5) is 11.4. The van der Waals surface area contributed by atoms with Gasteiger partial charge in [-0.15, -0.1) is 0 Å². The van der Waals surface area contributed by atoms with Gasteiger partial charge in [0, 0.05) is 6.04 Å². The number of carbonyl (C=O) groups is 1. The van der Waals surface area contributed by atoms with E-state index < -0.39 is 0 Å². The van der Waals surface area contributed by atoms with Crippen LogP contribution < -0.4 is 15.4 Å². The molecule has 0 aliphatic rings. The summed E-state index contributed by atoms with van der Waals surface area (Å²) in [5.41, 5.74) is 0.665. The topological polar surface area (TPSA) is 50.4 Å². The van der Waals surface area contributed by atoms with Crippen LogP contribution in [0.4, 0.5) is 10.5 Å². The fraction of sp³-hybridized carbons (Fsp3) is 0.364. The van der Waals surface area contributed by atoms with Crippen LogP contribution in [0.3, 0.4) is 0 Å². The highest BCUT2D eigenvalue weighted by Crippen LogP contribution is 2.22. The number of methoxy groups -OCH3 is 1. The Kier molecular flexibility index (Phi) is 3.97. The Morgan fingerprint density at radius 1 is 1.33 bits per heavy atom. The Bertz CT molecular complexity index is 337. The molecule has 0 aliphatic heterocycles. The minimum atomic E-state index is -0.227. The van der Waals surface area contributed by atoms with Gasteiger partial charge >= 0.3 is 6.03 Å². The van der Waals surface area contributed by atoms with Crippen LogP contribution >= 0.6 is 0 Å². The Morgan fingerprint density at radius 2 is 2.00 bits per heavy atom. The van der Waals surface area contributed by atoms with Gasteiger partial charge in [0.2, 0.25) is 0 Å². The fourth-order valence-corrected chi connectivity index (χ4v) is 1.17. The molecule has 82 valence electrons. The van der Waals surface area contributed by atoms with Gasteiger partial charge in [0.15, 0.2) is 0 Å². The van der Waals surface area contributed by atoms with Crippen LogP contribution in [0, 0.1) is 0 Å². The van der Waals surface area contributed by atoms with E-state index in [-0.39, 0.29) is 12.1 Å². The van der Waals surface area contributed by atoms with Crippen molar-refractivity contribution in [2.75, 3.05) is 12.4 Å². The lowest BCUT2D eigenvalue weighted by Gasteiger charge is -2.12. The minimum absolute atomic E-state index is 0.111. The average Bonchev–Trinajstić information content (AvgIpc) is 2.17. The number of hydrogen-bond donors (Lipinski definition) is 2. The summed E-state index contributed by atoms with van der Waals surface area (Å²) in [5.74, 6) is 0.649. The van der Waals surface area contributed by atoms with E-state index in [1.54, 1.807) is 19.2 Å². The first kappa shape index (κ1) is 11.4. The number of carbonyl (C=O) groups excluding carboxylic acids is 1. The monoisotopic (exact) mass is 208 g/mol. The van der Waals surface area contributed by atoms with Crippen LogP contribution in [0.5, 0.6) is 5.75 Å². The van der Waals surface area contributed by atoms with Crippen LogP contribution in [0.1, 0.15) is 13.8 Å². The number of para-hydroxylation sites is 2.